The zero-order valence-corrected chi connectivity index (χ0v) is 21.1. The molecule has 0 N–H and O–H groups in total. The van der Waals surface area contributed by atoms with E-state index in [4.69, 9.17) is 46.4 Å². The topological polar surface area (TPSA) is 74.8 Å². The Balaban J connectivity index is 1.73. The summed E-state index contributed by atoms with van der Waals surface area (Å²) in [5.74, 6) is -3.08. The number of ketones is 1. The second-order valence-electron chi connectivity index (χ2n) is 8.65. The Morgan fingerprint density at radius 1 is 0.882 bits per heavy atom. The summed E-state index contributed by atoms with van der Waals surface area (Å²) in [5.41, 5.74) is 0.112. The maximum Gasteiger partial charge on any atom is 0.274 e. The molecule has 2 aromatic carbocycles. The highest BCUT2D eigenvalue weighted by Gasteiger charge is 2.53. The maximum atomic E-state index is 13.6. The minimum Gasteiger partial charge on any atom is -0.292 e. The van der Waals surface area contributed by atoms with Crippen molar-refractivity contribution in [3.63, 3.8) is 0 Å². The molecule has 0 bridgehead atoms. The molecule has 3 amide bonds. The Hall–Kier alpha value is -2.12. The number of halogens is 4. The van der Waals surface area contributed by atoms with E-state index in [-0.39, 0.29) is 27.1 Å². The summed E-state index contributed by atoms with van der Waals surface area (Å²) in [5, 5.41) is 2.47. The van der Waals surface area contributed by atoms with Crippen LogP contribution in [0.4, 0.5) is 0 Å². The lowest BCUT2D eigenvalue weighted by molar-refractivity contribution is -0.154. The van der Waals surface area contributed by atoms with Crippen molar-refractivity contribution in [3.05, 3.63) is 67.6 Å². The largest absolute Gasteiger partial charge is 0.292 e. The molecule has 0 radical (unpaired) electrons. The van der Waals surface area contributed by atoms with E-state index in [9.17, 15) is 19.2 Å². The number of hydrazine groups is 1. The SMILES string of the molecule is C[C@@H]1CC[C@@H]2C(=O)N(N(CC(=O)c3ccc(Cl)cc3Cl)C(=O)c3ccc(Cl)cc3Cl)C(=O)[C@@H]2C1. The number of hydrogen-bond acceptors (Lipinski definition) is 4. The molecule has 178 valence electrons. The number of carbonyl (C=O) groups is 4. The van der Waals surface area contributed by atoms with Gasteiger partial charge in [-0.2, -0.15) is 5.01 Å². The van der Waals surface area contributed by atoms with Gasteiger partial charge in [-0.05, 0) is 61.6 Å². The van der Waals surface area contributed by atoms with Gasteiger partial charge in [0, 0.05) is 15.6 Å². The molecular weight excluding hydrogens is 522 g/mol. The van der Waals surface area contributed by atoms with E-state index >= 15 is 0 Å². The number of nitrogens with zero attached hydrogens (tertiary/aromatic N) is 2. The Morgan fingerprint density at radius 2 is 1.44 bits per heavy atom. The number of amides is 3. The van der Waals surface area contributed by atoms with Gasteiger partial charge in [-0.3, -0.25) is 19.2 Å². The van der Waals surface area contributed by atoms with Crippen LogP contribution in [-0.4, -0.2) is 40.1 Å². The van der Waals surface area contributed by atoms with Gasteiger partial charge in [0.25, 0.3) is 17.7 Å². The highest BCUT2D eigenvalue weighted by Crippen LogP contribution is 2.41. The van der Waals surface area contributed by atoms with E-state index in [1.807, 2.05) is 6.92 Å². The molecule has 2 aliphatic rings. The summed E-state index contributed by atoms with van der Waals surface area (Å²) < 4.78 is 0. The van der Waals surface area contributed by atoms with Crippen molar-refractivity contribution < 1.29 is 19.2 Å². The molecule has 10 heteroatoms. The lowest BCUT2D eigenvalue weighted by Crippen LogP contribution is -2.52. The summed E-state index contributed by atoms with van der Waals surface area (Å²) in [6.07, 6.45) is 1.91. The summed E-state index contributed by atoms with van der Waals surface area (Å²) in [7, 11) is 0. The zero-order chi connectivity index (χ0) is 24.7. The second kappa shape index (κ2) is 9.86. The van der Waals surface area contributed by atoms with Crippen LogP contribution in [0.25, 0.3) is 0 Å². The molecule has 0 aromatic heterocycles. The Labute approximate surface area is 216 Å². The quantitative estimate of drug-likeness (QED) is 0.345. The van der Waals surface area contributed by atoms with Gasteiger partial charge in [0.2, 0.25) is 0 Å². The summed E-state index contributed by atoms with van der Waals surface area (Å²) in [4.78, 5) is 53.4. The monoisotopic (exact) mass is 540 g/mol. The van der Waals surface area contributed by atoms with Gasteiger partial charge in [-0.15, -0.1) is 0 Å². The van der Waals surface area contributed by atoms with E-state index in [0.717, 1.165) is 16.4 Å². The van der Waals surface area contributed by atoms with Crippen LogP contribution in [0, 0.1) is 17.8 Å². The number of Topliss-reactive ketones (excluding diaryl/α,β-unsaturated/α-hetero) is 1. The lowest BCUT2D eigenvalue weighted by atomic mass is 9.76. The fourth-order valence-electron chi connectivity index (χ4n) is 4.58. The van der Waals surface area contributed by atoms with Crippen LogP contribution in [0.1, 0.15) is 46.9 Å². The Bertz CT molecular complexity index is 1200. The molecule has 2 fully saturated rings. The predicted octanol–water partition coefficient (Wildman–Crippen LogP) is 5.96. The van der Waals surface area contributed by atoms with Gasteiger partial charge < -0.3 is 0 Å². The van der Waals surface area contributed by atoms with Gasteiger partial charge in [0.05, 0.1) is 27.4 Å². The van der Waals surface area contributed by atoms with Crippen LogP contribution in [-0.2, 0) is 9.59 Å². The van der Waals surface area contributed by atoms with Crippen molar-refractivity contribution in [2.45, 2.75) is 26.2 Å². The fraction of sp³-hybridized carbons (Fsp3) is 0.333. The van der Waals surface area contributed by atoms with Crippen LogP contribution in [0.2, 0.25) is 20.1 Å². The van der Waals surface area contributed by atoms with Crippen LogP contribution in [0.5, 0.6) is 0 Å². The molecule has 6 nitrogen and oxygen atoms in total. The molecular formula is C24H20Cl4N2O4. The molecule has 4 rings (SSSR count). The van der Waals surface area contributed by atoms with Gasteiger partial charge >= 0.3 is 0 Å². The second-order valence-corrected chi connectivity index (χ2v) is 10.3. The van der Waals surface area contributed by atoms with E-state index in [0.29, 0.717) is 22.9 Å². The molecule has 34 heavy (non-hydrogen) atoms. The van der Waals surface area contributed by atoms with Gasteiger partial charge in [-0.25, -0.2) is 5.01 Å². The van der Waals surface area contributed by atoms with E-state index < -0.39 is 41.9 Å². The number of hydrogen-bond donors (Lipinski definition) is 0. The van der Waals surface area contributed by atoms with E-state index in [1.165, 1.54) is 36.4 Å². The molecule has 1 heterocycles. The number of rotatable bonds is 5. The van der Waals surface area contributed by atoms with Gasteiger partial charge in [0.1, 0.15) is 6.54 Å². The number of imide groups is 1. The molecule has 1 saturated carbocycles. The van der Waals surface area contributed by atoms with Gasteiger partial charge in [-0.1, -0.05) is 53.3 Å². The first kappa shape index (κ1) is 25.0. The van der Waals surface area contributed by atoms with Crippen molar-refractivity contribution in [1.29, 1.82) is 0 Å². The average molecular weight is 542 g/mol. The van der Waals surface area contributed by atoms with Crippen LogP contribution in [0.15, 0.2) is 36.4 Å². The lowest BCUT2D eigenvalue weighted by Gasteiger charge is -2.30. The minimum atomic E-state index is -0.770. The third-order valence-electron chi connectivity index (χ3n) is 6.33. The van der Waals surface area contributed by atoms with Crippen molar-refractivity contribution >= 4 is 69.9 Å². The first-order chi connectivity index (χ1) is 16.1. The average Bonchev–Trinajstić information content (AvgIpc) is 3.01. The molecule has 0 unspecified atom stereocenters. The summed E-state index contributed by atoms with van der Waals surface area (Å²) in [6.45, 7) is 1.44. The standard InChI is InChI=1S/C24H20Cl4N2O4/c1-12-2-5-15-18(8-12)24(34)30(23(15)33)29(22(32)17-7-4-14(26)10-20(17)28)11-21(31)16-6-3-13(25)9-19(16)27/h3-4,6-7,9-10,12,15,18H,2,5,8,11H2,1H3/t12-,15+,18-/m1/s1. The summed E-state index contributed by atoms with van der Waals surface area (Å²) in [6, 6.07) is 8.55. The first-order valence-electron chi connectivity index (χ1n) is 10.7. The van der Waals surface area contributed by atoms with E-state index in [1.54, 1.807) is 0 Å². The molecule has 3 atom stereocenters. The normalized spacial score (nSPS) is 22.0. The molecule has 0 spiro atoms. The summed E-state index contributed by atoms with van der Waals surface area (Å²) >= 11 is 24.3. The van der Waals surface area contributed by atoms with Crippen molar-refractivity contribution in [3.8, 4) is 0 Å². The Morgan fingerprint density at radius 3 is 2.03 bits per heavy atom. The predicted molar refractivity (Wildman–Crippen MR) is 130 cm³/mol. The third kappa shape index (κ3) is 4.69. The van der Waals surface area contributed by atoms with Crippen LogP contribution >= 0.6 is 46.4 Å². The molecule has 1 aliphatic heterocycles. The number of benzene rings is 2. The Kier molecular flexibility index (Phi) is 7.25. The fourth-order valence-corrected chi connectivity index (χ4v) is 5.59. The molecule has 2 aromatic rings. The zero-order valence-electron chi connectivity index (χ0n) is 18.1. The third-order valence-corrected chi connectivity index (χ3v) is 7.42. The number of fused-ring (bicyclic) bond motifs is 1. The van der Waals surface area contributed by atoms with Crippen molar-refractivity contribution in [1.82, 2.24) is 10.0 Å². The highest BCUT2D eigenvalue weighted by molar-refractivity contribution is 6.37. The van der Waals surface area contributed by atoms with Crippen molar-refractivity contribution in [2.24, 2.45) is 17.8 Å². The van der Waals surface area contributed by atoms with Crippen LogP contribution in [0.3, 0.4) is 0 Å². The minimum absolute atomic E-state index is 0.00455. The smallest absolute Gasteiger partial charge is 0.274 e. The maximum absolute atomic E-state index is 13.6. The van der Waals surface area contributed by atoms with Gasteiger partial charge in [0.15, 0.2) is 5.78 Å². The number of carbonyl (C=O) groups excluding carboxylic acids is 4. The first-order valence-corrected chi connectivity index (χ1v) is 12.2. The van der Waals surface area contributed by atoms with Crippen LogP contribution < -0.4 is 0 Å². The molecule has 1 aliphatic carbocycles. The van der Waals surface area contributed by atoms with E-state index in [2.05, 4.69) is 0 Å². The highest BCUT2D eigenvalue weighted by atomic mass is 35.5. The molecule has 1 saturated heterocycles. The van der Waals surface area contributed by atoms with Crippen molar-refractivity contribution in [2.75, 3.05) is 6.54 Å².